The quantitative estimate of drug-likeness (QED) is 0.680. The molecule has 24 heavy (non-hydrogen) atoms. The topological polar surface area (TPSA) is 43.4 Å². The van der Waals surface area contributed by atoms with E-state index in [2.05, 4.69) is 26.0 Å². The van der Waals surface area contributed by atoms with E-state index in [0.717, 1.165) is 25.7 Å². The van der Waals surface area contributed by atoms with E-state index in [1.165, 1.54) is 23.6 Å². The first-order valence-corrected chi connectivity index (χ1v) is 9.23. The van der Waals surface area contributed by atoms with Crippen LogP contribution >= 0.6 is 0 Å². The summed E-state index contributed by atoms with van der Waals surface area (Å²) in [6.45, 7) is 5.99. The Bertz CT molecular complexity index is 696. The lowest BCUT2D eigenvalue weighted by Gasteiger charge is -2.45. The predicted molar refractivity (Wildman–Crippen MR) is 92.1 cm³/mol. The molecule has 0 aromatic carbocycles. The minimum Gasteiger partial charge on any atom is -0.461 e. The van der Waals surface area contributed by atoms with Gasteiger partial charge in [0, 0.05) is 18.8 Å². The van der Waals surface area contributed by atoms with Crippen LogP contribution in [0.4, 0.5) is 0 Å². The van der Waals surface area contributed by atoms with Crippen LogP contribution < -0.4 is 0 Å². The summed E-state index contributed by atoms with van der Waals surface area (Å²) >= 11 is 0. The molecule has 0 bridgehead atoms. The molecule has 0 radical (unpaired) electrons. The van der Waals surface area contributed by atoms with Crippen LogP contribution in [0, 0.1) is 23.2 Å². The van der Waals surface area contributed by atoms with E-state index in [0.29, 0.717) is 24.2 Å². The lowest BCUT2D eigenvalue weighted by Crippen LogP contribution is -2.41. The largest absolute Gasteiger partial charge is 0.461 e. The summed E-state index contributed by atoms with van der Waals surface area (Å²) in [5.41, 5.74) is 4.09. The van der Waals surface area contributed by atoms with Crippen molar-refractivity contribution in [2.45, 2.75) is 59.0 Å². The fraction of sp³-hybridized carbons (Fsp3) is 0.619. The highest BCUT2D eigenvalue weighted by atomic mass is 16.5. The predicted octanol–water partition coefficient (Wildman–Crippen LogP) is 4.15. The van der Waals surface area contributed by atoms with Crippen LogP contribution in [0.3, 0.4) is 0 Å². The maximum absolute atomic E-state index is 11.7. The van der Waals surface area contributed by atoms with E-state index in [1.54, 1.807) is 0 Å². The summed E-state index contributed by atoms with van der Waals surface area (Å²) in [6, 6.07) is 0. The van der Waals surface area contributed by atoms with Crippen LogP contribution in [0.25, 0.3) is 0 Å². The van der Waals surface area contributed by atoms with Gasteiger partial charge in [-0.1, -0.05) is 26.0 Å². The number of hydrogen-bond acceptors (Lipinski definition) is 3. The SMILES string of the molecule is CC(=O)O[C@H]1[C@H](C)C[C@H]2[C@@H]3CCC4=CC(=O)CCC4=C3C=C[C@@]21C. The van der Waals surface area contributed by atoms with Crippen LogP contribution in [0.1, 0.15) is 52.9 Å². The van der Waals surface area contributed by atoms with Crippen molar-refractivity contribution in [3.8, 4) is 0 Å². The first-order valence-electron chi connectivity index (χ1n) is 9.23. The molecule has 0 spiro atoms. The summed E-state index contributed by atoms with van der Waals surface area (Å²) in [5.74, 6) is 1.57. The highest BCUT2D eigenvalue weighted by Crippen LogP contribution is 2.59. The van der Waals surface area contributed by atoms with Gasteiger partial charge in [0.2, 0.25) is 0 Å². The smallest absolute Gasteiger partial charge is 0.302 e. The molecule has 0 amide bonds. The highest BCUT2D eigenvalue weighted by Gasteiger charge is 2.56. The monoisotopic (exact) mass is 326 g/mol. The van der Waals surface area contributed by atoms with E-state index in [1.807, 2.05) is 6.08 Å². The second kappa shape index (κ2) is 5.44. The molecular weight excluding hydrogens is 300 g/mol. The van der Waals surface area contributed by atoms with Gasteiger partial charge in [0.1, 0.15) is 6.10 Å². The number of hydrogen-bond donors (Lipinski definition) is 0. The van der Waals surface area contributed by atoms with Crippen LogP contribution in [0.2, 0.25) is 0 Å². The zero-order valence-electron chi connectivity index (χ0n) is 14.8. The summed E-state index contributed by atoms with van der Waals surface area (Å²) in [6.07, 6.45) is 11.2. The molecular formula is C21H26O3. The number of ether oxygens (including phenoxy) is 1. The Labute approximate surface area is 143 Å². The van der Waals surface area contributed by atoms with Crippen molar-refractivity contribution in [2.75, 3.05) is 0 Å². The normalized spacial score (nSPS) is 40.6. The molecule has 1 fully saturated rings. The van der Waals surface area contributed by atoms with Crippen molar-refractivity contribution in [3.63, 3.8) is 0 Å². The second-order valence-electron chi connectivity index (χ2n) is 8.26. The highest BCUT2D eigenvalue weighted by molar-refractivity contribution is 5.93. The Morgan fingerprint density at radius 1 is 1.29 bits per heavy atom. The summed E-state index contributed by atoms with van der Waals surface area (Å²) in [4.78, 5) is 23.3. The molecule has 0 saturated heterocycles. The van der Waals surface area contributed by atoms with E-state index in [9.17, 15) is 9.59 Å². The van der Waals surface area contributed by atoms with Gasteiger partial charge in [-0.2, -0.15) is 0 Å². The second-order valence-corrected chi connectivity index (χ2v) is 8.26. The van der Waals surface area contributed by atoms with Crippen molar-refractivity contribution in [2.24, 2.45) is 23.2 Å². The van der Waals surface area contributed by atoms with Gasteiger partial charge in [-0.15, -0.1) is 0 Å². The van der Waals surface area contributed by atoms with Gasteiger partial charge >= 0.3 is 5.97 Å². The average molecular weight is 326 g/mol. The summed E-state index contributed by atoms with van der Waals surface area (Å²) in [7, 11) is 0. The fourth-order valence-electron chi connectivity index (χ4n) is 5.76. The zero-order chi connectivity index (χ0) is 17.1. The van der Waals surface area contributed by atoms with Crippen LogP contribution in [-0.4, -0.2) is 17.9 Å². The van der Waals surface area contributed by atoms with Gasteiger partial charge < -0.3 is 4.74 Å². The van der Waals surface area contributed by atoms with Crippen molar-refractivity contribution >= 4 is 11.8 Å². The van der Waals surface area contributed by atoms with Gasteiger partial charge in [-0.3, -0.25) is 9.59 Å². The number of carbonyl (C=O) groups is 2. The first-order chi connectivity index (χ1) is 11.4. The molecule has 0 aliphatic heterocycles. The van der Waals surface area contributed by atoms with Crippen molar-refractivity contribution in [1.29, 1.82) is 0 Å². The Morgan fingerprint density at radius 3 is 2.83 bits per heavy atom. The van der Waals surface area contributed by atoms with Crippen molar-refractivity contribution in [1.82, 2.24) is 0 Å². The van der Waals surface area contributed by atoms with Crippen molar-refractivity contribution in [3.05, 3.63) is 34.9 Å². The number of ketones is 1. The average Bonchev–Trinajstić information content (AvgIpc) is 2.78. The molecule has 4 rings (SSSR count). The van der Waals surface area contributed by atoms with E-state index >= 15 is 0 Å². The molecule has 0 aromatic heterocycles. The zero-order valence-corrected chi connectivity index (χ0v) is 14.8. The molecule has 4 aliphatic rings. The third-order valence-electron chi connectivity index (χ3n) is 6.77. The number of carbonyl (C=O) groups excluding carboxylic acids is 2. The maximum Gasteiger partial charge on any atom is 0.302 e. The van der Waals surface area contributed by atoms with Gasteiger partial charge in [-0.25, -0.2) is 0 Å². The van der Waals surface area contributed by atoms with Crippen molar-refractivity contribution < 1.29 is 14.3 Å². The van der Waals surface area contributed by atoms with Crippen LogP contribution in [0.5, 0.6) is 0 Å². The standard InChI is InChI=1S/C21H26O3/c1-12-10-19-18-6-4-14-11-15(23)5-7-16(14)17(18)8-9-21(19,3)20(12)24-13(2)22/h8-9,11-12,18-20H,4-7,10H2,1-3H3/t12-,18-,19+,20+,21+/m1/s1. The molecule has 3 heteroatoms. The molecule has 0 unspecified atom stereocenters. The lowest BCUT2D eigenvalue weighted by atomic mass is 9.60. The summed E-state index contributed by atoms with van der Waals surface area (Å²) < 4.78 is 5.73. The molecule has 1 saturated carbocycles. The number of rotatable bonds is 1. The third-order valence-corrected chi connectivity index (χ3v) is 6.77. The van der Waals surface area contributed by atoms with Gasteiger partial charge in [0.15, 0.2) is 5.78 Å². The van der Waals surface area contributed by atoms with E-state index < -0.39 is 0 Å². The molecule has 4 aliphatic carbocycles. The number of esters is 1. The Balaban J connectivity index is 1.75. The Morgan fingerprint density at radius 2 is 2.08 bits per heavy atom. The molecule has 0 aromatic rings. The fourth-order valence-corrected chi connectivity index (χ4v) is 5.76. The Hall–Kier alpha value is -1.64. The van der Waals surface area contributed by atoms with E-state index in [4.69, 9.17) is 4.74 Å². The van der Waals surface area contributed by atoms with Gasteiger partial charge in [-0.05, 0) is 66.2 Å². The van der Waals surface area contributed by atoms with Crippen LogP contribution in [-0.2, 0) is 14.3 Å². The molecule has 5 atom stereocenters. The maximum atomic E-state index is 11.7. The lowest BCUT2D eigenvalue weighted by molar-refractivity contribution is -0.153. The first kappa shape index (κ1) is 15.9. The van der Waals surface area contributed by atoms with Gasteiger partial charge in [0.05, 0.1) is 0 Å². The third kappa shape index (κ3) is 2.24. The molecule has 128 valence electrons. The molecule has 3 nitrogen and oxygen atoms in total. The van der Waals surface area contributed by atoms with Gasteiger partial charge in [0.25, 0.3) is 0 Å². The Kier molecular flexibility index (Phi) is 3.59. The van der Waals surface area contributed by atoms with E-state index in [-0.39, 0.29) is 23.3 Å². The molecule has 0 heterocycles. The summed E-state index contributed by atoms with van der Waals surface area (Å²) in [5, 5.41) is 0. The number of allylic oxidation sites excluding steroid dienone is 5. The van der Waals surface area contributed by atoms with Crippen LogP contribution in [0.15, 0.2) is 34.9 Å². The minimum absolute atomic E-state index is 0.0207. The number of fused-ring (bicyclic) bond motifs is 4. The minimum atomic E-state index is -0.175. The molecule has 0 N–H and O–H groups in total.